The Morgan fingerprint density at radius 3 is 2.30 bits per heavy atom. The van der Waals surface area contributed by atoms with Gasteiger partial charge in [-0.05, 0) is 12.1 Å². The molecule has 1 unspecified atom stereocenters. The Kier molecular flexibility index (Phi) is 3.86. The second-order valence-electron chi connectivity index (χ2n) is 5.16. The smallest absolute Gasteiger partial charge is 0.269 e. The van der Waals surface area contributed by atoms with Crippen LogP contribution in [-0.4, -0.2) is 22.5 Å². The van der Waals surface area contributed by atoms with Crippen LogP contribution < -0.4 is 10.9 Å². The number of nitro groups is 1. The maximum atomic E-state index is 12.4. The van der Waals surface area contributed by atoms with Crippen LogP contribution in [-0.2, 0) is 0 Å². The zero-order valence-electron chi connectivity index (χ0n) is 12.0. The predicted molar refractivity (Wildman–Crippen MR) is 83.4 cm³/mol. The molecule has 0 aromatic heterocycles. The lowest BCUT2D eigenvalue weighted by Crippen LogP contribution is -2.45. The molecule has 23 heavy (non-hydrogen) atoms. The summed E-state index contributed by atoms with van der Waals surface area (Å²) in [4.78, 5) is 34.6. The fourth-order valence-corrected chi connectivity index (χ4v) is 2.47. The van der Waals surface area contributed by atoms with Gasteiger partial charge in [0.2, 0.25) is 0 Å². The lowest BCUT2D eigenvalue weighted by atomic mass is 9.86. The van der Waals surface area contributed by atoms with E-state index in [-0.39, 0.29) is 23.7 Å². The molecule has 1 atom stereocenters. The lowest BCUT2D eigenvalue weighted by molar-refractivity contribution is -0.384. The zero-order valence-corrected chi connectivity index (χ0v) is 12.0. The average molecular weight is 311 g/mol. The summed E-state index contributed by atoms with van der Waals surface area (Å²) in [6.45, 7) is 0. The predicted octanol–water partition coefficient (Wildman–Crippen LogP) is 2.35. The standard InChI is InChI=1S/C16H13N3O4/c20-15-9-14(16(21)13-4-2-1-3-12(13)15)18-17-10-5-7-11(8-6-10)19(22)23/h1-8,14,17-18H,9H2. The summed E-state index contributed by atoms with van der Waals surface area (Å²) in [5, 5.41) is 10.6. The first-order valence-electron chi connectivity index (χ1n) is 6.98. The SMILES string of the molecule is O=C1CC(NNc2ccc([N+](=O)[O-])cc2)C(=O)c2ccccc21. The van der Waals surface area contributed by atoms with Crippen LogP contribution >= 0.6 is 0 Å². The fourth-order valence-electron chi connectivity index (χ4n) is 2.47. The largest absolute Gasteiger partial charge is 0.321 e. The molecule has 116 valence electrons. The van der Waals surface area contributed by atoms with Gasteiger partial charge in [0.05, 0.1) is 11.0 Å². The summed E-state index contributed by atoms with van der Waals surface area (Å²) >= 11 is 0. The van der Waals surface area contributed by atoms with Crippen LogP contribution in [0.25, 0.3) is 0 Å². The molecule has 2 aromatic carbocycles. The van der Waals surface area contributed by atoms with E-state index in [0.29, 0.717) is 16.8 Å². The average Bonchev–Trinajstić information content (AvgIpc) is 2.57. The highest BCUT2D eigenvalue weighted by molar-refractivity contribution is 6.16. The van der Waals surface area contributed by atoms with Gasteiger partial charge >= 0.3 is 0 Å². The highest BCUT2D eigenvalue weighted by Gasteiger charge is 2.31. The van der Waals surface area contributed by atoms with Crippen molar-refractivity contribution < 1.29 is 14.5 Å². The molecule has 0 radical (unpaired) electrons. The van der Waals surface area contributed by atoms with Crippen LogP contribution in [0.5, 0.6) is 0 Å². The Balaban J connectivity index is 1.71. The minimum absolute atomic E-state index is 0.0200. The summed E-state index contributed by atoms with van der Waals surface area (Å²) in [5.74, 6) is -0.252. The van der Waals surface area contributed by atoms with E-state index in [1.807, 2.05) is 0 Å². The summed E-state index contributed by atoms with van der Waals surface area (Å²) in [7, 11) is 0. The molecule has 0 bridgehead atoms. The van der Waals surface area contributed by atoms with Gasteiger partial charge in [0.1, 0.15) is 0 Å². The van der Waals surface area contributed by atoms with Gasteiger partial charge in [0, 0.05) is 35.4 Å². The number of hydrazine groups is 1. The van der Waals surface area contributed by atoms with Crippen molar-refractivity contribution in [2.75, 3.05) is 5.43 Å². The monoisotopic (exact) mass is 311 g/mol. The normalized spacial score (nSPS) is 16.8. The molecule has 0 fully saturated rings. The fraction of sp³-hybridized carbons (Fsp3) is 0.125. The maximum absolute atomic E-state index is 12.4. The third kappa shape index (κ3) is 2.95. The number of hydrogen-bond acceptors (Lipinski definition) is 6. The van der Waals surface area contributed by atoms with Crippen molar-refractivity contribution in [2.45, 2.75) is 12.5 Å². The van der Waals surface area contributed by atoms with Crippen molar-refractivity contribution in [1.82, 2.24) is 5.43 Å². The number of benzene rings is 2. The number of hydrogen-bond donors (Lipinski definition) is 2. The van der Waals surface area contributed by atoms with Crippen LogP contribution in [0.4, 0.5) is 11.4 Å². The van der Waals surface area contributed by atoms with E-state index in [1.165, 1.54) is 24.3 Å². The molecule has 0 spiro atoms. The number of nitrogens with zero attached hydrogens (tertiary/aromatic N) is 1. The van der Waals surface area contributed by atoms with Gasteiger partial charge in [-0.15, -0.1) is 0 Å². The van der Waals surface area contributed by atoms with Crippen LogP contribution in [0.15, 0.2) is 48.5 Å². The summed E-state index contributed by atoms with van der Waals surface area (Å²) in [6, 6.07) is 11.8. The first-order chi connectivity index (χ1) is 11.1. The van der Waals surface area contributed by atoms with Crippen molar-refractivity contribution in [3.05, 3.63) is 69.8 Å². The highest BCUT2D eigenvalue weighted by Crippen LogP contribution is 2.22. The highest BCUT2D eigenvalue weighted by atomic mass is 16.6. The van der Waals surface area contributed by atoms with Crippen LogP contribution in [0.1, 0.15) is 27.1 Å². The first-order valence-corrected chi connectivity index (χ1v) is 6.98. The number of ketones is 2. The molecule has 0 saturated heterocycles. The number of Topliss-reactive ketones (excluding diaryl/α,β-unsaturated/α-hetero) is 2. The number of carbonyl (C=O) groups excluding carboxylic acids is 2. The summed E-state index contributed by atoms with van der Waals surface area (Å²) in [5.41, 5.74) is 7.04. The molecule has 0 heterocycles. The van der Waals surface area contributed by atoms with Gasteiger partial charge in [0.15, 0.2) is 11.6 Å². The number of rotatable bonds is 4. The Morgan fingerprint density at radius 1 is 1.00 bits per heavy atom. The molecule has 0 amide bonds. The molecule has 7 heteroatoms. The van der Waals surface area contributed by atoms with Crippen LogP contribution in [0, 0.1) is 10.1 Å². The second-order valence-corrected chi connectivity index (χ2v) is 5.16. The van der Waals surface area contributed by atoms with Crippen molar-refractivity contribution in [1.29, 1.82) is 0 Å². The molecule has 7 nitrogen and oxygen atoms in total. The van der Waals surface area contributed by atoms with Crippen LogP contribution in [0.3, 0.4) is 0 Å². The van der Waals surface area contributed by atoms with E-state index in [9.17, 15) is 19.7 Å². The van der Waals surface area contributed by atoms with Crippen molar-refractivity contribution >= 4 is 22.9 Å². The van der Waals surface area contributed by atoms with Crippen LogP contribution in [0.2, 0.25) is 0 Å². The Morgan fingerprint density at radius 2 is 1.65 bits per heavy atom. The number of nitrogens with one attached hydrogen (secondary N) is 2. The Bertz CT molecular complexity index is 786. The first kappa shape index (κ1) is 14.9. The van der Waals surface area contributed by atoms with E-state index in [1.54, 1.807) is 24.3 Å². The Labute approximate surface area is 131 Å². The molecule has 0 aliphatic heterocycles. The molecular formula is C16H13N3O4. The van der Waals surface area contributed by atoms with E-state index in [4.69, 9.17) is 0 Å². The minimum atomic E-state index is -0.674. The van der Waals surface area contributed by atoms with Crippen molar-refractivity contribution in [3.63, 3.8) is 0 Å². The molecule has 3 rings (SSSR count). The second kappa shape index (κ2) is 5.98. The van der Waals surface area contributed by atoms with Gasteiger partial charge in [0.25, 0.3) is 5.69 Å². The third-order valence-corrected chi connectivity index (χ3v) is 3.67. The number of non-ortho nitro benzene ring substituents is 1. The lowest BCUT2D eigenvalue weighted by Gasteiger charge is -2.23. The molecular weight excluding hydrogens is 298 g/mol. The molecule has 0 saturated carbocycles. The summed E-state index contributed by atoms with van der Waals surface area (Å²) < 4.78 is 0. The van der Waals surface area contributed by atoms with Gasteiger partial charge in [-0.3, -0.25) is 19.7 Å². The van der Waals surface area contributed by atoms with Crippen molar-refractivity contribution in [2.24, 2.45) is 0 Å². The molecule has 2 aromatic rings. The van der Waals surface area contributed by atoms with E-state index in [2.05, 4.69) is 10.9 Å². The van der Waals surface area contributed by atoms with Crippen molar-refractivity contribution in [3.8, 4) is 0 Å². The number of nitro benzene ring substituents is 1. The van der Waals surface area contributed by atoms with Gasteiger partial charge in [-0.1, -0.05) is 24.3 Å². The van der Waals surface area contributed by atoms with Gasteiger partial charge < -0.3 is 5.43 Å². The van der Waals surface area contributed by atoms with E-state index in [0.717, 1.165) is 0 Å². The number of carbonyl (C=O) groups is 2. The summed E-state index contributed by atoms with van der Waals surface area (Å²) in [6.07, 6.45) is 0.0653. The van der Waals surface area contributed by atoms with Gasteiger partial charge in [-0.25, -0.2) is 5.43 Å². The minimum Gasteiger partial charge on any atom is -0.321 e. The van der Waals surface area contributed by atoms with E-state index >= 15 is 0 Å². The number of anilines is 1. The van der Waals surface area contributed by atoms with Gasteiger partial charge in [-0.2, -0.15) is 0 Å². The Hall–Kier alpha value is -3.06. The third-order valence-electron chi connectivity index (χ3n) is 3.67. The maximum Gasteiger partial charge on any atom is 0.269 e. The molecule has 1 aliphatic carbocycles. The zero-order chi connectivity index (χ0) is 16.4. The van der Waals surface area contributed by atoms with E-state index < -0.39 is 11.0 Å². The molecule has 2 N–H and O–H groups in total. The topological polar surface area (TPSA) is 101 Å². The quantitative estimate of drug-likeness (QED) is 0.664. The number of fused-ring (bicyclic) bond motifs is 1. The molecule has 1 aliphatic rings.